The topological polar surface area (TPSA) is 122 Å². The van der Waals surface area contributed by atoms with Crippen LogP contribution in [0.25, 0.3) is 0 Å². The van der Waals surface area contributed by atoms with Gasteiger partial charge in [0.05, 0.1) is 23.0 Å². The number of ether oxygens (including phenoxy) is 2. The number of nitro groups is 2. The van der Waals surface area contributed by atoms with Crippen molar-refractivity contribution in [2.75, 3.05) is 7.11 Å². The van der Waals surface area contributed by atoms with Crippen molar-refractivity contribution in [1.29, 1.82) is 0 Å². The van der Waals surface area contributed by atoms with Crippen LogP contribution in [0.5, 0.6) is 5.75 Å². The lowest BCUT2D eigenvalue weighted by molar-refractivity contribution is -0.394. The summed E-state index contributed by atoms with van der Waals surface area (Å²) in [5.41, 5.74) is -1.03. The van der Waals surface area contributed by atoms with Crippen molar-refractivity contribution in [1.82, 2.24) is 0 Å². The van der Waals surface area contributed by atoms with Crippen molar-refractivity contribution >= 4 is 17.3 Å². The Hall–Kier alpha value is -2.71. The Morgan fingerprint density at radius 2 is 1.89 bits per heavy atom. The maximum atomic E-state index is 11.1. The van der Waals surface area contributed by atoms with Crippen LogP contribution in [0, 0.1) is 20.2 Å². The van der Waals surface area contributed by atoms with E-state index in [0.717, 1.165) is 25.3 Å². The van der Waals surface area contributed by atoms with Gasteiger partial charge >= 0.3 is 11.7 Å². The van der Waals surface area contributed by atoms with Crippen molar-refractivity contribution in [2.45, 2.75) is 13.0 Å². The van der Waals surface area contributed by atoms with E-state index in [1.807, 2.05) is 0 Å². The maximum absolute atomic E-state index is 11.1. The molecule has 0 saturated carbocycles. The highest BCUT2D eigenvalue weighted by atomic mass is 16.6. The van der Waals surface area contributed by atoms with Gasteiger partial charge in [-0.15, -0.1) is 0 Å². The van der Waals surface area contributed by atoms with Gasteiger partial charge < -0.3 is 9.47 Å². The number of hydrogen-bond acceptors (Lipinski definition) is 7. The summed E-state index contributed by atoms with van der Waals surface area (Å²) in [6, 6.07) is 2.88. The Morgan fingerprint density at radius 3 is 2.37 bits per heavy atom. The Balaban J connectivity index is 3.10. The quantitative estimate of drug-likeness (QED) is 0.450. The van der Waals surface area contributed by atoms with Gasteiger partial charge in [-0.25, -0.2) is 4.79 Å². The highest BCUT2D eigenvalue weighted by Gasteiger charge is 2.24. The number of benzene rings is 1. The largest absolute Gasteiger partial charge is 0.472 e. The lowest BCUT2D eigenvalue weighted by Crippen LogP contribution is -2.25. The predicted octanol–water partition coefficient (Wildman–Crippen LogP) is 1.44. The smallest absolute Gasteiger partial charge is 0.346 e. The Labute approximate surface area is 107 Å². The molecule has 0 spiro atoms. The van der Waals surface area contributed by atoms with E-state index in [0.29, 0.717) is 0 Å². The van der Waals surface area contributed by atoms with Crippen LogP contribution in [0.2, 0.25) is 0 Å². The van der Waals surface area contributed by atoms with Gasteiger partial charge in [0.25, 0.3) is 5.69 Å². The van der Waals surface area contributed by atoms with Gasteiger partial charge in [-0.3, -0.25) is 20.2 Å². The van der Waals surface area contributed by atoms with Gasteiger partial charge in [-0.2, -0.15) is 0 Å². The molecule has 0 heterocycles. The number of nitrogens with zero attached hydrogens (tertiary/aromatic N) is 2. The molecule has 1 rings (SSSR count). The van der Waals surface area contributed by atoms with Gasteiger partial charge in [0, 0.05) is 6.07 Å². The molecule has 1 atom stereocenters. The molecule has 9 nitrogen and oxygen atoms in total. The first-order valence-corrected chi connectivity index (χ1v) is 5.04. The first-order valence-electron chi connectivity index (χ1n) is 5.04. The van der Waals surface area contributed by atoms with Crippen molar-refractivity contribution in [3.63, 3.8) is 0 Å². The predicted molar refractivity (Wildman–Crippen MR) is 61.9 cm³/mol. The Bertz CT molecular complexity index is 529. The summed E-state index contributed by atoms with van der Waals surface area (Å²) >= 11 is 0. The lowest BCUT2D eigenvalue weighted by Gasteiger charge is -2.12. The molecule has 0 unspecified atom stereocenters. The minimum atomic E-state index is -1.06. The van der Waals surface area contributed by atoms with Gasteiger partial charge in [0.15, 0.2) is 11.9 Å². The molecule has 0 aromatic heterocycles. The monoisotopic (exact) mass is 270 g/mol. The minimum Gasteiger partial charge on any atom is -0.472 e. The second kappa shape index (κ2) is 5.76. The molecule has 0 aliphatic rings. The Morgan fingerprint density at radius 1 is 1.26 bits per heavy atom. The number of rotatable bonds is 5. The van der Waals surface area contributed by atoms with Crippen LogP contribution < -0.4 is 4.74 Å². The summed E-state index contributed by atoms with van der Waals surface area (Å²) in [6.45, 7) is 1.34. The summed E-state index contributed by atoms with van der Waals surface area (Å²) in [5, 5.41) is 21.3. The van der Waals surface area contributed by atoms with Gasteiger partial charge in [0.2, 0.25) is 0 Å². The molecule has 0 radical (unpaired) electrons. The molecule has 0 amide bonds. The fourth-order valence-corrected chi connectivity index (χ4v) is 1.27. The summed E-state index contributed by atoms with van der Waals surface area (Å²) in [5.74, 6) is -0.957. The van der Waals surface area contributed by atoms with E-state index in [9.17, 15) is 25.0 Å². The van der Waals surface area contributed by atoms with Crippen LogP contribution in [0.4, 0.5) is 11.4 Å². The third-order valence-electron chi connectivity index (χ3n) is 2.19. The highest BCUT2D eigenvalue weighted by Crippen LogP contribution is 2.31. The number of methoxy groups -OCH3 is 1. The van der Waals surface area contributed by atoms with Crippen molar-refractivity contribution in [3.05, 3.63) is 38.4 Å². The van der Waals surface area contributed by atoms with Crippen molar-refractivity contribution < 1.29 is 24.1 Å². The van der Waals surface area contributed by atoms with Crippen molar-refractivity contribution in [3.8, 4) is 5.75 Å². The van der Waals surface area contributed by atoms with Crippen LogP contribution in [-0.4, -0.2) is 29.0 Å². The van der Waals surface area contributed by atoms with Gasteiger partial charge in [-0.1, -0.05) is 0 Å². The lowest BCUT2D eigenvalue weighted by atomic mass is 10.2. The molecule has 0 aliphatic carbocycles. The van der Waals surface area contributed by atoms with E-state index in [4.69, 9.17) is 4.74 Å². The van der Waals surface area contributed by atoms with Crippen LogP contribution in [0.15, 0.2) is 18.2 Å². The van der Waals surface area contributed by atoms with Crippen LogP contribution in [0.3, 0.4) is 0 Å². The van der Waals surface area contributed by atoms with E-state index in [-0.39, 0.29) is 5.75 Å². The van der Waals surface area contributed by atoms with Crippen LogP contribution in [0.1, 0.15) is 6.92 Å². The number of non-ortho nitro benzene ring substituents is 1. The molecule has 0 saturated heterocycles. The normalized spacial score (nSPS) is 11.5. The average Bonchev–Trinajstić information content (AvgIpc) is 2.37. The van der Waals surface area contributed by atoms with Crippen molar-refractivity contribution in [2.24, 2.45) is 0 Å². The molecule has 0 N–H and O–H groups in total. The molecule has 0 aliphatic heterocycles. The Kier molecular flexibility index (Phi) is 4.35. The molecule has 1 aromatic carbocycles. The van der Waals surface area contributed by atoms with E-state index < -0.39 is 33.3 Å². The highest BCUT2D eigenvalue weighted by molar-refractivity contribution is 5.74. The first-order chi connectivity index (χ1) is 8.86. The van der Waals surface area contributed by atoms with Gasteiger partial charge in [0.1, 0.15) is 0 Å². The third kappa shape index (κ3) is 3.37. The zero-order valence-electron chi connectivity index (χ0n) is 10.1. The number of hydrogen-bond donors (Lipinski definition) is 0. The molecular weight excluding hydrogens is 260 g/mol. The van der Waals surface area contributed by atoms with E-state index in [1.54, 1.807) is 0 Å². The maximum Gasteiger partial charge on any atom is 0.346 e. The summed E-state index contributed by atoms with van der Waals surface area (Å²) in [7, 11) is 1.15. The fourth-order valence-electron chi connectivity index (χ4n) is 1.27. The average molecular weight is 270 g/mol. The van der Waals surface area contributed by atoms with Crippen LogP contribution >= 0.6 is 0 Å². The first kappa shape index (κ1) is 14.4. The second-order valence-corrected chi connectivity index (χ2v) is 3.45. The number of carbonyl (C=O) groups is 1. The summed E-state index contributed by atoms with van der Waals surface area (Å²) < 4.78 is 9.46. The molecule has 19 heavy (non-hydrogen) atoms. The second-order valence-electron chi connectivity index (χ2n) is 3.45. The molecule has 1 aromatic rings. The zero-order valence-corrected chi connectivity index (χ0v) is 10.1. The third-order valence-corrected chi connectivity index (χ3v) is 2.19. The molecule has 9 heteroatoms. The number of carbonyl (C=O) groups excluding carboxylic acids is 1. The minimum absolute atomic E-state index is 0.242. The summed E-state index contributed by atoms with van der Waals surface area (Å²) in [6.07, 6.45) is -1.06. The number of esters is 1. The standard InChI is InChI=1S/C10H10N2O7/c1-6(10(13)18-2)19-9-4-3-7(11(14)15)5-8(9)12(16)17/h3-6H,1-2H3/t6-/m1/s1. The van der Waals surface area contributed by atoms with E-state index in [1.165, 1.54) is 6.92 Å². The molecule has 0 bridgehead atoms. The SMILES string of the molecule is COC(=O)[C@@H](C)Oc1ccc([N+](=O)[O-])cc1[N+](=O)[O-]. The van der Waals surface area contributed by atoms with Crippen LogP contribution in [-0.2, 0) is 9.53 Å². The summed E-state index contributed by atoms with van der Waals surface area (Å²) in [4.78, 5) is 30.9. The fraction of sp³-hybridized carbons (Fsp3) is 0.300. The molecule has 102 valence electrons. The van der Waals surface area contributed by atoms with Gasteiger partial charge in [-0.05, 0) is 13.0 Å². The zero-order chi connectivity index (χ0) is 14.6. The molecular formula is C10H10N2O7. The number of nitro benzene ring substituents is 2. The van der Waals surface area contributed by atoms with E-state index >= 15 is 0 Å². The van der Waals surface area contributed by atoms with E-state index in [2.05, 4.69) is 4.74 Å². The molecule has 0 fully saturated rings.